The molecule has 1 aliphatic heterocycles. The molecule has 0 N–H and O–H groups in total. The van der Waals surface area contributed by atoms with Crippen LogP contribution in [0.3, 0.4) is 0 Å². The van der Waals surface area contributed by atoms with Gasteiger partial charge in [0.2, 0.25) is 15.0 Å². The van der Waals surface area contributed by atoms with Crippen molar-refractivity contribution in [2.75, 3.05) is 6.54 Å². The van der Waals surface area contributed by atoms with Crippen molar-refractivity contribution >= 4 is 25.6 Å². The average molecular weight is 342 g/mol. The van der Waals surface area contributed by atoms with E-state index in [1.54, 1.807) is 4.90 Å². The van der Waals surface area contributed by atoms with E-state index < -0.39 is 14.3 Å². The summed E-state index contributed by atoms with van der Waals surface area (Å²) in [5.74, 6) is -0.139. The zero-order chi connectivity index (χ0) is 15.9. The molecule has 120 valence electrons. The molecule has 0 spiro atoms. The average Bonchev–Trinajstić information content (AvgIpc) is 2.88. The Morgan fingerprint density at radius 1 is 1.23 bits per heavy atom. The van der Waals surface area contributed by atoms with Crippen molar-refractivity contribution in [2.45, 2.75) is 50.3 Å². The van der Waals surface area contributed by atoms with Crippen molar-refractivity contribution < 1.29 is 13.2 Å². The lowest BCUT2D eigenvalue weighted by Crippen LogP contribution is -2.30. The zero-order valence-corrected chi connectivity index (χ0v) is 14.2. The summed E-state index contributed by atoms with van der Waals surface area (Å²) in [6.45, 7) is 2.13. The minimum Gasteiger partial charge on any atom is -0.335 e. The maximum absolute atomic E-state index is 12.1. The van der Waals surface area contributed by atoms with Crippen molar-refractivity contribution in [1.29, 1.82) is 0 Å². The lowest BCUT2D eigenvalue weighted by molar-refractivity contribution is -0.129. The molecule has 2 aliphatic rings. The minimum atomic E-state index is -3.69. The zero-order valence-electron chi connectivity index (χ0n) is 12.6. The van der Waals surface area contributed by atoms with Gasteiger partial charge in [-0.1, -0.05) is 18.2 Å². The first kappa shape index (κ1) is 15.8. The van der Waals surface area contributed by atoms with Crippen LogP contribution in [0.5, 0.6) is 0 Å². The molecule has 1 aromatic carbocycles. The van der Waals surface area contributed by atoms with Gasteiger partial charge in [-0.25, -0.2) is 8.42 Å². The Hall–Kier alpha value is -1.07. The van der Waals surface area contributed by atoms with Crippen LogP contribution in [0.2, 0.25) is 0 Å². The van der Waals surface area contributed by atoms with E-state index in [-0.39, 0.29) is 24.9 Å². The molecule has 0 aromatic heterocycles. The van der Waals surface area contributed by atoms with Gasteiger partial charge in [0, 0.05) is 23.6 Å². The van der Waals surface area contributed by atoms with Crippen molar-refractivity contribution in [1.82, 2.24) is 4.90 Å². The van der Waals surface area contributed by atoms with Gasteiger partial charge in [-0.15, -0.1) is 0 Å². The number of fused-ring (bicyclic) bond motifs is 1. The topological polar surface area (TPSA) is 54.5 Å². The molecule has 3 rings (SSSR count). The first-order valence-corrected chi connectivity index (χ1v) is 10.1. The number of hydrogen-bond acceptors (Lipinski definition) is 3. The fourth-order valence-corrected chi connectivity index (χ4v) is 4.49. The molecule has 2 unspecified atom stereocenters. The molecule has 22 heavy (non-hydrogen) atoms. The van der Waals surface area contributed by atoms with Crippen LogP contribution >= 0.6 is 10.7 Å². The number of nitrogens with zero attached hydrogens (tertiary/aromatic N) is 1. The number of rotatable bonds is 3. The van der Waals surface area contributed by atoms with Gasteiger partial charge in [-0.3, -0.25) is 4.79 Å². The van der Waals surface area contributed by atoms with E-state index in [1.807, 2.05) is 6.92 Å². The van der Waals surface area contributed by atoms with Crippen molar-refractivity contribution in [3.8, 4) is 0 Å². The fraction of sp³-hybridized carbons (Fsp3) is 0.562. The van der Waals surface area contributed by atoms with Gasteiger partial charge in [-0.2, -0.15) is 0 Å². The molecular formula is C16H20ClNO3S. The summed E-state index contributed by atoms with van der Waals surface area (Å²) in [7, 11) is 1.72. The molecular weight excluding hydrogens is 322 g/mol. The summed E-state index contributed by atoms with van der Waals surface area (Å²) < 4.78 is 22.9. The van der Waals surface area contributed by atoms with Crippen molar-refractivity contribution in [3.63, 3.8) is 0 Å². The largest absolute Gasteiger partial charge is 0.335 e. The van der Waals surface area contributed by atoms with E-state index in [0.717, 1.165) is 18.4 Å². The monoisotopic (exact) mass is 341 g/mol. The smallest absolute Gasteiger partial charge is 0.237 e. The number of likely N-dealkylation sites (tertiary alicyclic amines) is 1. The predicted octanol–water partition coefficient (Wildman–Crippen LogP) is 2.80. The quantitative estimate of drug-likeness (QED) is 0.794. The fourth-order valence-electron chi connectivity index (χ4n) is 3.45. The number of aryl methyl sites for hydroxylation is 2. The van der Waals surface area contributed by atoms with Crippen molar-refractivity contribution in [2.24, 2.45) is 0 Å². The van der Waals surface area contributed by atoms with Gasteiger partial charge >= 0.3 is 0 Å². The predicted molar refractivity (Wildman–Crippen MR) is 86.4 cm³/mol. The van der Waals surface area contributed by atoms with Crippen LogP contribution in [-0.4, -0.2) is 31.0 Å². The molecule has 0 radical (unpaired) electrons. The summed E-state index contributed by atoms with van der Waals surface area (Å²) in [6.07, 6.45) is 4.64. The first-order chi connectivity index (χ1) is 10.4. The number of carbonyl (C=O) groups is 1. The van der Waals surface area contributed by atoms with E-state index in [4.69, 9.17) is 10.7 Å². The van der Waals surface area contributed by atoms with Gasteiger partial charge in [0.15, 0.2) is 0 Å². The van der Waals surface area contributed by atoms with E-state index in [9.17, 15) is 13.2 Å². The summed E-state index contributed by atoms with van der Waals surface area (Å²) in [5, 5.41) is -0.790. The highest BCUT2D eigenvalue weighted by molar-refractivity contribution is 8.14. The number of halogens is 1. The Bertz CT molecular complexity index is 701. The molecule has 6 heteroatoms. The van der Waals surface area contributed by atoms with Crippen LogP contribution in [0, 0.1) is 0 Å². The van der Waals surface area contributed by atoms with Crippen molar-refractivity contribution in [3.05, 3.63) is 34.9 Å². The van der Waals surface area contributed by atoms with Gasteiger partial charge in [-0.05, 0) is 49.3 Å². The summed E-state index contributed by atoms with van der Waals surface area (Å²) in [6, 6.07) is 6.26. The Morgan fingerprint density at radius 2 is 1.91 bits per heavy atom. The first-order valence-electron chi connectivity index (χ1n) is 7.71. The minimum absolute atomic E-state index is 0.0128. The number of benzene rings is 1. The van der Waals surface area contributed by atoms with Crippen LogP contribution in [0.1, 0.15) is 48.9 Å². The SMILES string of the molecule is CC(c1ccc2c(c1)CCCC2)N1CC(S(=O)(=O)Cl)CC1=O. The highest BCUT2D eigenvalue weighted by Crippen LogP contribution is 2.31. The molecule has 1 saturated heterocycles. The lowest BCUT2D eigenvalue weighted by atomic mass is 9.89. The van der Waals surface area contributed by atoms with E-state index in [2.05, 4.69) is 18.2 Å². The second kappa shape index (κ2) is 5.85. The highest BCUT2D eigenvalue weighted by atomic mass is 35.7. The van der Waals surface area contributed by atoms with Crippen LogP contribution < -0.4 is 0 Å². The molecule has 2 atom stereocenters. The third-order valence-corrected chi connectivity index (χ3v) is 6.71. The van der Waals surface area contributed by atoms with Gasteiger partial charge < -0.3 is 4.90 Å². The molecule has 1 amide bonds. The van der Waals surface area contributed by atoms with E-state index >= 15 is 0 Å². The van der Waals surface area contributed by atoms with E-state index in [1.165, 1.54) is 24.0 Å². The molecule has 1 aromatic rings. The lowest BCUT2D eigenvalue weighted by Gasteiger charge is -2.26. The summed E-state index contributed by atoms with van der Waals surface area (Å²) in [4.78, 5) is 13.8. The molecule has 1 heterocycles. The maximum Gasteiger partial charge on any atom is 0.237 e. The second-order valence-corrected chi connectivity index (χ2v) is 9.17. The van der Waals surface area contributed by atoms with Crippen LogP contribution in [-0.2, 0) is 26.7 Å². The Kier molecular flexibility index (Phi) is 4.21. The summed E-state index contributed by atoms with van der Waals surface area (Å²) >= 11 is 0. The summed E-state index contributed by atoms with van der Waals surface area (Å²) in [5.41, 5.74) is 3.83. The Balaban J connectivity index is 1.82. The third-order valence-electron chi connectivity index (χ3n) is 4.84. The van der Waals surface area contributed by atoms with Crippen LogP contribution in [0.25, 0.3) is 0 Å². The number of hydrogen-bond donors (Lipinski definition) is 0. The van der Waals surface area contributed by atoms with Gasteiger partial charge in [0.1, 0.15) is 5.25 Å². The van der Waals surface area contributed by atoms with Gasteiger partial charge in [0.05, 0.1) is 6.04 Å². The van der Waals surface area contributed by atoms with Gasteiger partial charge in [0.25, 0.3) is 0 Å². The maximum atomic E-state index is 12.1. The molecule has 1 aliphatic carbocycles. The second-order valence-electron chi connectivity index (χ2n) is 6.26. The molecule has 0 bridgehead atoms. The Labute approximate surface area is 135 Å². The number of amides is 1. The molecule has 1 fully saturated rings. The standard InChI is InChI=1S/C16H20ClNO3S/c1-11(18-10-15(9-16(18)19)22(17,20)21)13-7-6-12-4-2-3-5-14(12)8-13/h6-8,11,15H,2-5,9-10H2,1H3. The van der Waals surface area contributed by atoms with Crippen LogP contribution in [0.15, 0.2) is 18.2 Å². The molecule has 4 nitrogen and oxygen atoms in total. The van der Waals surface area contributed by atoms with E-state index in [0.29, 0.717) is 0 Å². The highest BCUT2D eigenvalue weighted by Gasteiger charge is 2.39. The Morgan fingerprint density at radius 3 is 2.55 bits per heavy atom. The molecule has 0 saturated carbocycles. The third kappa shape index (κ3) is 3.01. The normalized spacial score (nSPS) is 23.5. The van der Waals surface area contributed by atoms with Crippen LogP contribution in [0.4, 0.5) is 0 Å². The number of carbonyl (C=O) groups excluding carboxylic acids is 1.